The van der Waals surface area contributed by atoms with Crippen molar-refractivity contribution >= 4 is 17.3 Å². The van der Waals surface area contributed by atoms with Gasteiger partial charge in [-0.2, -0.15) is 0 Å². The highest BCUT2D eigenvalue weighted by molar-refractivity contribution is 5.92. The Balaban J connectivity index is 1.54. The summed E-state index contributed by atoms with van der Waals surface area (Å²) in [5.41, 5.74) is 3.03. The van der Waals surface area contributed by atoms with Gasteiger partial charge in [0.15, 0.2) is 0 Å². The van der Waals surface area contributed by atoms with Crippen molar-refractivity contribution in [2.45, 2.75) is 6.42 Å². The lowest BCUT2D eigenvalue weighted by atomic mass is 10.1. The molecule has 2 N–H and O–H groups in total. The second kappa shape index (κ2) is 8.03. The van der Waals surface area contributed by atoms with Crippen molar-refractivity contribution in [3.05, 3.63) is 54.1 Å². The van der Waals surface area contributed by atoms with Crippen LogP contribution in [0.1, 0.15) is 5.56 Å². The highest BCUT2D eigenvalue weighted by Crippen LogP contribution is 2.18. The van der Waals surface area contributed by atoms with E-state index in [0.717, 1.165) is 30.1 Å². The van der Waals surface area contributed by atoms with Crippen LogP contribution in [0.3, 0.4) is 0 Å². The van der Waals surface area contributed by atoms with Crippen LogP contribution >= 0.6 is 0 Å². The standard InChI is InChI=1S/C20H25N3O2/c1-22-11-13-23(14-12-22)18-7-5-17(6-8-18)21-20(24)15-16-3-9-19(25-2)10-4-16/h3-10H,11-15H2,1-2H3,(H,21,24)/p+1. The predicted octanol–water partition coefficient (Wildman–Crippen LogP) is 1.21. The van der Waals surface area contributed by atoms with Crippen LogP contribution < -0.4 is 19.9 Å². The van der Waals surface area contributed by atoms with Gasteiger partial charge in [0.25, 0.3) is 0 Å². The fourth-order valence-corrected chi connectivity index (χ4v) is 3.04. The summed E-state index contributed by atoms with van der Waals surface area (Å²) < 4.78 is 5.13. The smallest absolute Gasteiger partial charge is 0.228 e. The molecule has 1 fully saturated rings. The van der Waals surface area contributed by atoms with Crippen LogP contribution in [0.4, 0.5) is 11.4 Å². The molecular formula is C20H26N3O2+. The second-order valence-electron chi connectivity index (χ2n) is 6.56. The zero-order valence-electron chi connectivity index (χ0n) is 14.9. The molecule has 0 aliphatic carbocycles. The molecule has 25 heavy (non-hydrogen) atoms. The van der Waals surface area contributed by atoms with E-state index in [2.05, 4.69) is 29.4 Å². The van der Waals surface area contributed by atoms with Gasteiger partial charge < -0.3 is 19.9 Å². The lowest BCUT2D eigenvalue weighted by molar-refractivity contribution is -0.880. The monoisotopic (exact) mass is 340 g/mol. The van der Waals surface area contributed by atoms with Crippen LogP contribution in [0, 0.1) is 0 Å². The van der Waals surface area contributed by atoms with Crippen LogP contribution in [0.25, 0.3) is 0 Å². The summed E-state index contributed by atoms with van der Waals surface area (Å²) in [5.74, 6) is 0.784. The van der Waals surface area contributed by atoms with E-state index >= 15 is 0 Å². The van der Waals surface area contributed by atoms with Crippen molar-refractivity contribution < 1.29 is 14.4 Å². The number of likely N-dealkylation sites (N-methyl/N-ethyl adjacent to an activating group) is 1. The average Bonchev–Trinajstić information content (AvgIpc) is 2.64. The zero-order valence-corrected chi connectivity index (χ0v) is 14.9. The van der Waals surface area contributed by atoms with E-state index in [1.54, 1.807) is 12.0 Å². The molecule has 1 heterocycles. The lowest BCUT2D eigenvalue weighted by Gasteiger charge is -2.31. The molecule has 0 atom stereocenters. The Hall–Kier alpha value is -2.53. The normalized spacial score (nSPS) is 15.0. The number of carbonyl (C=O) groups is 1. The van der Waals surface area contributed by atoms with Gasteiger partial charge in [-0.3, -0.25) is 4.79 Å². The highest BCUT2D eigenvalue weighted by Gasteiger charge is 2.16. The molecular weight excluding hydrogens is 314 g/mol. The number of piperazine rings is 1. The van der Waals surface area contributed by atoms with E-state index in [-0.39, 0.29) is 5.91 Å². The first-order chi connectivity index (χ1) is 12.1. The van der Waals surface area contributed by atoms with E-state index in [1.807, 2.05) is 36.4 Å². The van der Waals surface area contributed by atoms with Gasteiger partial charge in [-0.25, -0.2) is 0 Å². The first-order valence-electron chi connectivity index (χ1n) is 8.73. The molecule has 2 aromatic carbocycles. The minimum atomic E-state index is -0.0129. The average molecular weight is 340 g/mol. The third kappa shape index (κ3) is 4.73. The van der Waals surface area contributed by atoms with Crippen LogP contribution in [0.15, 0.2) is 48.5 Å². The Bertz CT molecular complexity index is 690. The van der Waals surface area contributed by atoms with Gasteiger partial charge in [-0.15, -0.1) is 0 Å². The molecule has 1 aliphatic rings. The number of hydrogen-bond acceptors (Lipinski definition) is 3. The Morgan fingerprint density at radius 1 is 1.08 bits per heavy atom. The van der Waals surface area contributed by atoms with Crippen molar-refractivity contribution in [1.29, 1.82) is 0 Å². The van der Waals surface area contributed by atoms with Crippen molar-refractivity contribution in [3.8, 4) is 5.75 Å². The number of methoxy groups -OCH3 is 1. The molecule has 1 amide bonds. The number of anilines is 2. The summed E-state index contributed by atoms with van der Waals surface area (Å²) in [4.78, 5) is 16.2. The zero-order chi connectivity index (χ0) is 17.6. The minimum Gasteiger partial charge on any atom is -0.497 e. The Morgan fingerprint density at radius 2 is 1.72 bits per heavy atom. The predicted molar refractivity (Wildman–Crippen MR) is 101 cm³/mol. The highest BCUT2D eigenvalue weighted by atomic mass is 16.5. The number of nitrogens with zero attached hydrogens (tertiary/aromatic N) is 1. The van der Waals surface area contributed by atoms with Gasteiger partial charge in [0.05, 0.1) is 46.8 Å². The van der Waals surface area contributed by atoms with E-state index < -0.39 is 0 Å². The fraction of sp³-hybridized carbons (Fsp3) is 0.350. The summed E-state index contributed by atoms with van der Waals surface area (Å²) in [6.45, 7) is 4.49. The summed E-state index contributed by atoms with van der Waals surface area (Å²) in [6.07, 6.45) is 0.354. The fourth-order valence-electron chi connectivity index (χ4n) is 3.04. The largest absolute Gasteiger partial charge is 0.497 e. The van der Waals surface area contributed by atoms with E-state index in [1.165, 1.54) is 18.8 Å². The maximum atomic E-state index is 12.2. The number of quaternary nitrogens is 1. The molecule has 5 heteroatoms. The molecule has 5 nitrogen and oxygen atoms in total. The minimum absolute atomic E-state index is 0.0129. The van der Waals surface area contributed by atoms with Gasteiger partial charge in [-0.1, -0.05) is 12.1 Å². The van der Waals surface area contributed by atoms with Crippen LogP contribution in [0.5, 0.6) is 5.75 Å². The number of rotatable bonds is 5. The molecule has 132 valence electrons. The van der Waals surface area contributed by atoms with Gasteiger partial charge in [0.1, 0.15) is 5.75 Å². The molecule has 2 aromatic rings. The molecule has 0 aromatic heterocycles. The van der Waals surface area contributed by atoms with E-state index in [0.29, 0.717) is 6.42 Å². The summed E-state index contributed by atoms with van der Waals surface area (Å²) >= 11 is 0. The lowest BCUT2D eigenvalue weighted by Crippen LogP contribution is -3.12. The molecule has 0 saturated carbocycles. The van der Waals surface area contributed by atoms with Crippen LogP contribution in [0.2, 0.25) is 0 Å². The SMILES string of the molecule is COc1ccc(CC(=O)Nc2ccc(N3CC[NH+](C)CC3)cc2)cc1. The number of carbonyl (C=O) groups excluding carboxylic acids is 1. The van der Waals surface area contributed by atoms with Crippen molar-refractivity contribution in [2.75, 3.05) is 50.6 Å². The quantitative estimate of drug-likeness (QED) is 0.860. The molecule has 1 aliphatic heterocycles. The topological polar surface area (TPSA) is 46.0 Å². The number of ether oxygens (including phenoxy) is 1. The van der Waals surface area contributed by atoms with Gasteiger partial charge in [0, 0.05) is 11.4 Å². The summed E-state index contributed by atoms with van der Waals surface area (Å²) in [6, 6.07) is 15.7. The maximum absolute atomic E-state index is 12.2. The van der Waals surface area contributed by atoms with Crippen molar-refractivity contribution in [1.82, 2.24) is 0 Å². The van der Waals surface area contributed by atoms with Crippen LogP contribution in [-0.2, 0) is 11.2 Å². The van der Waals surface area contributed by atoms with Gasteiger partial charge in [-0.05, 0) is 42.0 Å². The molecule has 1 saturated heterocycles. The Morgan fingerprint density at radius 3 is 2.32 bits per heavy atom. The van der Waals surface area contributed by atoms with E-state index in [9.17, 15) is 4.79 Å². The molecule has 0 unspecified atom stereocenters. The third-order valence-corrected chi connectivity index (χ3v) is 4.66. The van der Waals surface area contributed by atoms with Gasteiger partial charge in [0.2, 0.25) is 5.91 Å². The number of amides is 1. The molecule has 0 bridgehead atoms. The van der Waals surface area contributed by atoms with Crippen molar-refractivity contribution in [3.63, 3.8) is 0 Å². The van der Waals surface area contributed by atoms with E-state index in [4.69, 9.17) is 4.74 Å². The van der Waals surface area contributed by atoms with Gasteiger partial charge >= 0.3 is 0 Å². The number of nitrogens with one attached hydrogen (secondary N) is 2. The second-order valence-corrected chi connectivity index (χ2v) is 6.56. The molecule has 3 rings (SSSR count). The first kappa shape index (κ1) is 17.3. The Labute approximate surface area is 149 Å². The molecule has 0 radical (unpaired) electrons. The Kier molecular flexibility index (Phi) is 5.56. The number of hydrogen-bond donors (Lipinski definition) is 2. The summed E-state index contributed by atoms with van der Waals surface area (Å²) in [5, 5.41) is 2.96. The van der Waals surface area contributed by atoms with Crippen molar-refractivity contribution in [2.24, 2.45) is 0 Å². The first-order valence-corrected chi connectivity index (χ1v) is 8.73. The molecule has 0 spiro atoms. The maximum Gasteiger partial charge on any atom is 0.228 e. The van der Waals surface area contributed by atoms with Crippen LogP contribution in [-0.4, -0.2) is 46.2 Å². The number of benzene rings is 2. The third-order valence-electron chi connectivity index (χ3n) is 4.66. The summed E-state index contributed by atoms with van der Waals surface area (Å²) in [7, 11) is 3.87.